The summed E-state index contributed by atoms with van der Waals surface area (Å²) in [4.78, 5) is 5.98. The minimum atomic E-state index is -4.34. The predicted octanol–water partition coefficient (Wildman–Crippen LogP) is 2.84. The van der Waals surface area contributed by atoms with Crippen LogP contribution in [0.15, 0.2) is 18.3 Å². The SMILES string of the molecule is OCCCC1CCCN1c1cc(C(F)(F)F)ccn1. The van der Waals surface area contributed by atoms with Crippen LogP contribution >= 0.6 is 0 Å². The number of rotatable bonds is 4. The molecule has 1 saturated heterocycles. The van der Waals surface area contributed by atoms with Crippen molar-refractivity contribution in [1.29, 1.82) is 0 Å². The van der Waals surface area contributed by atoms with Crippen LogP contribution in [0.5, 0.6) is 0 Å². The first-order chi connectivity index (χ1) is 9.02. The van der Waals surface area contributed by atoms with Crippen molar-refractivity contribution >= 4 is 5.82 Å². The Balaban J connectivity index is 2.16. The highest BCUT2D eigenvalue weighted by Crippen LogP contribution is 2.33. The fourth-order valence-electron chi connectivity index (χ4n) is 2.52. The first-order valence-corrected chi connectivity index (χ1v) is 6.43. The molecule has 19 heavy (non-hydrogen) atoms. The van der Waals surface area contributed by atoms with Gasteiger partial charge in [-0.05, 0) is 37.8 Å². The zero-order valence-electron chi connectivity index (χ0n) is 10.5. The largest absolute Gasteiger partial charge is 0.416 e. The summed E-state index contributed by atoms with van der Waals surface area (Å²) in [6, 6.07) is 2.28. The van der Waals surface area contributed by atoms with Crippen LogP contribution in [0.25, 0.3) is 0 Å². The predicted molar refractivity (Wildman–Crippen MR) is 65.9 cm³/mol. The van der Waals surface area contributed by atoms with Gasteiger partial charge in [-0.15, -0.1) is 0 Å². The maximum absolute atomic E-state index is 12.7. The third-order valence-corrected chi connectivity index (χ3v) is 3.44. The lowest BCUT2D eigenvalue weighted by Crippen LogP contribution is -2.30. The molecule has 0 aliphatic carbocycles. The monoisotopic (exact) mass is 274 g/mol. The molecule has 1 aromatic heterocycles. The van der Waals surface area contributed by atoms with Crippen molar-refractivity contribution in [1.82, 2.24) is 4.98 Å². The highest BCUT2D eigenvalue weighted by atomic mass is 19.4. The molecule has 1 aliphatic rings. The average Bonchev–Trinajstić information content (AvgIpc) is 2.83. The van der Waals surface area contributed by atoms with Gasteiger partial charge in [0.05, 0.1) is 5.56 Å². The van der Waals surface area contributed by atoms with Crippen LogP contribution in [0, 0.1) is 0 Å². The molecule has 0 radical (unpaired) electrons. The Bertz CT molecular complexity index is 423. The molecule has 1 aliphatic heterocycles. The topological polar surface area (TPSA) is 36.4 Å². The standard InChI is InChI=1S/C13H17F3N2O/c14-13(15,16)10-5-6-17-12(9-10)18-7-1-3-11(18)4-2-8-19/h5-6,9,11,19H,1-4,7-8H2. The molecule has 0 bridgehead atoms. The number of pyridine rings is 1. The summed E-state index contributed by atoms with van der Waals surface area (Å²) < 4.78 is 38.0. The number of nitrogens with zero attached hydrogens (tertiary/aromatic N) is 2. The van der Waals surface area contributed by atoms with Crippen molar-refractivity contribution in [3.05, 3.63) is 23.9 Å². The minimum Gasteiger partial charge on any atom is -0.396 e. The third-order valence-electron chi connectivity index (χ3n) is 3.44. The van der Waals surface area contributed by atoms with Crippen LogP contribution in [0.2, 0.25) is 0 Å². The molecule has 3 nitrogen and oxygen atoms in total. The smallest absolute Gasteiger partial charge is 0.396 e. The van der Waals surface area contributed by atoms with E-state index in [1.54, 1.807) is 0 Å². The fraction of sp³-hybridized carbons (Fsp3) is 0.615. The number of aliphatic hydroxyl groups excluding tert-OH is 1. The van der Waals surface area contributed by atoms with E-state index in [0.29, 0.717) is 12.2 Å². The van der Waals surface area contributed by atoms with Gasteiger partial charge in [-0.2, -0.15) is 13.2 Å². The molecule has 1 N–H and O–H groups in total. The van der Waals surface area contributed by atoms with E-state index in [4.69, 9.17) is 5.11 Å². The number of aliphatic hydroxyl groups is 1. The maximum atomic E-state index is 12.7. The Kier molecular flexibility index (Phi) is 4.29. The van der Waals surface area contributed by atoms with Gasteiger partial charge >= 0.3 is 6.18 Å². The van der Waals surface area contributed by atoms with E-state index < -0.39 is 11.7 Å². The first kappa shape index (κ1) is 14.1. The second-order valence-electron chi connectivity index (χ2n) is 4.76. The second kappa shape index (κ2) is 5.77. The van der Waals surface area contributed by atoms with Gasteiger partial charge in [-0.25, -0.2) is 4.98 Å². The molecular weight excluding hydrogens is 257 g/mol. The van der Waals surface area contributed by atoms with E-state index in [1.807, 2.05) is 4.90 Å². The summed E-state index contributed by atoms with van der Waals surface area (Å²) in [7, 11) is 0. The van der Waals surface area contributed by atoms with Gasteiger partial charge in [-0.1, -0.05) is 0 Å². The number of hydrogen-bond acceptors (Lipinski definition) is 3. The quantitative estimate of drug-likeness (QED) is 0.917. The van der Waals surface area contributed by atoms with E-state index in [0.717, 1.165) is 37.9 Å². The molecule has 1 fully saturated rings. The van der Waals surface area contributed by atoms with Gasteiger partial charge < -0.3 is 10.0 Å². The number of hydrogen-bond donors (Lipinski definition) is 1. The Morgan fingerprint density at radius 3 is 2.89 bits per heavy atom. The normalized spacial score (nSPS) is 20.0. The Morgan fingerprint density at radius 1 is 1.42 bits per heavy atom. The van der Waals surface area contributed by atoms with Crippen molar-refractivity contribution in [3.8, 4) is 0 Å². The van der Waals surface area contributed by atoms with Crippen LogP contribution < -0.4 is 4.90 Å². The zero-order chi connectivity index (χ0) is 13.9. The summed E-state index contributed by atoms with van der Waals surface area (Å²) in [6.07, 6.45) is 0.220. The fourth-order valence-corrected chi connectivity index (χ4v) is 2.52. The molecule has 6 heteroatoms. The molecule has 0 aromatic carbocycles. The van der Waals surface area contributed by atoms with Gasteiger partial charge in [0.15, 0.2) is 0 Å². The van der Waals surface area contributed by atoms with Crippen LogP contribution in [0.1, 0.15) is 31.2 Å². The van der Waals surface area contributed by atoms with E-state index in [1.165, 1.54) is 6.20 Å². The second-order valence-corrected chi connectivity index (χ2v) is 4.76. The van der Waals surface area contributed by atoms with Gasteiger partial charge in [0.1, 0.15) is 5.82 Å². The van der Waals surface area contributed by atoms with Crippen LogP contribution in [0.4, 0.5) is 19.0 Å². The summed E-state index contributed by atoms with van der Waals surface area (Å²) in [5.74, 6) is 0.385. The minimum absolute atomic E-state index is 0.111. The average molecular weight is 274 g/mol. The van der Waals surface area contributed by atoms with Crippen molar-refractivity contribution in [2.24, 2.45) is 0 Å². The third kappa shape index (κ3) is 3.37. The van der Waals surface area contributed by atoms with Crippen LogP contribution in [-0.4, -0.2) is 29.3 Å². The highest BCUT2D eigenvalue weighted by molar-refractivity contribution is 5.44. The van der Waals surface area contributed by atoms with E-state index in [2.05, 4.69) is 4.98 Å². The molecule has 0 spiro atoms. The molecule has 2 rings (SSSR count). The highest BCUT2D eigenvalue weighted by Gasteiger charge is 2.32. The summed E-state index contributed by atoms with van der Waals surface area (Å²) >= 11 is 0. The zero-order valence-corrected chi connectivity index (χ0v) is 10.5. The van der Waals surface area contributed by atoms with Crippen LogP contribution in [-0.2, 0) is 6.18 Å². The number of anilines is 1. The van der Waals surface area contributed by atoms with Crippen LogP contribution in [0.3, 0.4) is 0 Å². The van der Waals surface area contributed by atoms with Gasteiger partial charge in [0.25, 0.3) is 0 Å². The molecule has 1 aromatic rings. The van der Waals surface area contributed by atoms with Gasteiger partial charge in [-0.3, -0.25) is 0 Å². The summed E-state index contributed by atoms with van der Waals surface area (Å²) in [5.41, 5.74) is -0.662. The first-order valence-electron chi connectivity index (χ1n) is 6.43. The number of halogens is 3. The van der Waals surface area contributed by atoms with Crippen molar-refractivity contribution in [3.63, 3.8) is 0 Å². The lowest BCUT2D eigenvalue weighted by atomic mass is 10.1. The lowest BCUT2D eigenvalue weighted by molar-refractivity contribution is -0.137. The van der Waals surface area contributed by atoms with E-state index in [9.17, 15) is 13.2 Å². The molecule has 0 amide bonds. The van der Waals surface area contributed by atoms with E-state index >= 15 is 0 Å². The molecule has 1 atom stereocenters. The van der Waals surface area contributed by atoms with Gasteiger partial charge in [0.2, 0.25) is 0 Å². The molecule has 0 saturated carbocycles. The van der Waals surface area contributed by atoms with Crippen molar-refractivity contribution in [2.45, 2.75) is 37.9 Å². The number of alkyl halides is 3. The summed E-state index contributed by atoms with van der Waals surface area (Å²) in [5, 5.41) is 8.85. The molecule has 106 valence electrons. The lowest BCUT2D eigenvalue weighted by Gasteiger charge is -2.26. The maximum Gasteiger partial charge on any atom is 0.416 e. The summed E-state index contributed by atoms with van der Waals surface area (Å²) in [6.45, 7) is 0.838. The van der Waals surface area contributed by atoms with Crippen molar-refractivity contribution in [2.75, 3.05) is 18.1 Å². The molecule has 1 unspecified atom stereocenters. The van der Waals surface area contributed by atoms with Crippen molar-refractivity contribution < 1.29 is 18.3 Å². The Labute approximate surface area is 110 Å². The van der Waals surface area contributed by atoms with E-state index in [-0.39, 0.29) is 12.6 Å². The van der Waals surface area contributed by atoms with Gasteiger partial charge in [0, 0.05) is 25.4 Å². The Hall–Kier alpha value is -1.30. The Morgan fingerprint density at radius 2 is 2.21 bits per heavy atom. The number of aromatic nitrogens is 1. The molecular formula is C13H17F3N2O. The molecule has 2 heterocycles.